The molecule has 0 N–H and O–H groups in total. The minimum absolute atomic E-state index is 0.0714. The Balaban J connectivity index is 1.12. The van der Waals surface area contributed by atoms with Crippen molar-refractivity contribution >= 4 is 72.4 Å². The van der Waals surface area contributed by atoms with Crippen molar-refractivity contribution in [3.8, 4) is 11.4 Å². The van der Waals surface area contributed by atoms with Gasteiger partial charge in [0.05, 0.1) is 22.1 Å². The van der Waals surface area contributed by atoms with Crippen LogP contribution in [0.4, 0.5) is 0 Å². The first-order chi connectivity index (χ1) is 32.1. The molecule has 0 atom stereocenters. The molecule has 0 aliphatic heterocycles. The summed E-state index contributed by atoms with van der Waals surface area (Å²) in [7, 11) is -2.79. The average molecular weight is 759 g/mol. The van der Waals surface area contributed by atoms with Crippen LogP contribution in [0.5, 0.6) is 0 Å². The second-order valence-corrected chi connectivity index (χ2v) is 18.4. The van der Waals surface area contributed by atoms with Crippen LogP contribution in [0.1, 0.15) is 57.1 Å². The molecule has 8 aromatic carbocycles. The molecule has 274 valence electrons. The Morgan fingerprint density at radius 3 is 1.49 bits per heavy atom. The van der Waals surface area contributed by atoms with Gasteiger partial charge in [-0.25, -0.2) is 0 Å². The molecule has 0 saturated heterocycles. The molecule has 10 aromatic rings. The van der Waals surface area contributed by atoms with Crippen molar-refractivity contribution in [3.05, 3.63) is 206 Å². The molecule has 1 aliphatic carbocycles. The maximum absolute atomic E-state index is 9.13. The Kier molecular flexibility index (Phi) is 6.11. The van der Waals surface area contributed by atoms with Crippen molar-refractivity contribution in [1.29, 1.82) is 0 Å². The van der Waals surface area contributed by atoms with Gasteiger partial charge in [-0.15, -0.1) is 0 Å². The lowest BCUT2D eigenvalue weighted by molar-refractivity contribution is 0.445. The van der Waals surface area contributed by atoms with Crippen LogP contribution in [-0.4, -0.2) is 17.2 Å². The van der Waals surface area contributed by atoms with E-state index in [0.29, 0.717) is 16.3 Å². The molecule has 1 fully saturated rings. The predicted octanol–water partition coefficient (Wildman–Crippen LogP) is 11.3. The molecule has 2 nitrogen and oxygen atoms in total. The molecular formula is C54H44N2Si. The Morgan fingerprint density at radius 1 is 0.386 bits per heavy atom. The third-order valence-electron chi connectivity index (χ3n) is 11.7. The number of hydrogen-bond donors (Lipinski definition) is 0. The predicted molar refractivity (Wildman–Crippen MR) is 245 cm³/mol. The minimum Gasteiger partial charge on any atom is -0.309 e. The highest BCUT2D eigenvalue weighted by Crippen LogP contribution is 2.42. The molecule has 0 unspecified atom stereocenters. The number of aromatic nitrogens is 2. The summed E-state index contributed by atoms with van der Waals surface area (Å²) in [4.78, 5) is 0. The number of nitrogens with zero attached hydrogens (tertiary/aromatic N) is 2. The highest BCUT2D eigenvalue weighted by Gasteiger charge is 2.41. The number of para-hydroxylation sites is 2. The quantitative estimate of drug-likeness (QED) is 0.113. The van der Waals surface area contributed by atoms with Gasteiger partial charge < -0.3 is 9.13 Å². The fourth-order valence-electron chi connectivity index (χ4n) is 9.31. The van der Waals surface area contributed by atoms with Gasteiger partial charge in [-0.2, -0.15) is 0 Å². The largest absolute Gasteiger partial charge is 0.309 e. The average Bonchev–Trinajstić information content (AvgIpc) is 3.85. The Hall–Kier alpha value is -6.42. The molecule has 1 saturated carbocycles. The van der Waals surface area contributed by atoms with E-state index in [0.717, 1.165) is 38.7 Å². The first-order valence-electron chi connectivity index (χ1n) is 24.4. The third-order valence-corrected chi connectivity index (χ3v) is 16.5. The Bertz CT molecular complexity index is 3390. The summed E-state index contributed by atoms with van der Waals surface area (Å²) in [5.74, 6) is -2.02. The first kappa shape index (κ1) is 25.0. The molecule has 3 heteroatoms. The van der Waals surface area contributed by atoms with Crippen LogP contribution in [0.2, 0.25) is 0 Å². The number of rotatable bonds is 7. The normalized spacial score (nSPS) is 20.9. The van der Waals surface area contributed by atoms with Crippen molar-refractivity contribution < 1.29 is 13.7 Å². The van der Waals surface area contributed by atoms with E-state index in [2.05, 4.69) is 144 Å². The minimum atomic E-state index is -3.49. The van der Waals surface area contributed by atoms with Gasteiger partial charge in [0.25, 0.3) is 0 Å². The zero-order chi connectivity index (χ0) is 46.7. The second-order valence-electron chi connectivity index (χ2n) is 14.6. The standard InChI is InChI=1S/C54H44N2Si/c1-5-18-39(19-6-1)46-28-17-31-52-54(46)49-27-14-16-30-51(49)56(52)41-34-37-48-47-26-13-15-29-50(47)55(53(48)38-41)40-32-35-45(36-33-40)57(42-20-7-2-8-21-42,43-22-9-3-10-23-43)44-24-11-4-12-25-44/h2-4,7-17,20-39H,1,5-6,18-19H2/i1D2,5D2,6D2,18D2,19D2. The van der Waals surface area contributed by atoms with Crippen molar-refractivity contribution in [1.82, 2.24) is 9.13 Å². The van der Waals surface area contributed by atoms with E-state index in [1.165, 1.54) is 26.8 Å². The van der Waals surface area contributed by atoms with Gasteiger partial charge in [-0.05, 0) is 87.4 Å². The molecule has 0 radical (unpaired) electrons. The molecule has 57 heavy (non-hydrogen) atoms. The van der Waals surface area contributed by atoms with E-state index < -0.39 is 45.9 Å². The molecule has 11 rings (SSSR count). The molecular weight excluding hydrogens is 705 g/mol. The zero-order valence-electron chi connectivity index (χ0n) is 41.0. The van der Waals surface area contributed by atoms with E-state index in [9.17, 15) is 0 Å². The molecule has 0 bridgehead atoms. The summed E-state index contributed by atoms with van der Waals surface area (Å²) in [6, 6.07) is 68.6. The van der Waals surface area contributed by atoms with Gasteiger partial charge in [0, 0.05) is 46.6 Å². The van der Waals surface area contributed by atoms with E-state index >= 15 is 0 Å². The fraction of sp³-hybridized carbons (Fsp3) is 0.111. The van der Waals surface area contributed by atoms with Gasteiger partial charge in [-0.3, -0.25) is 0 Å². The van der Waals surface area contributed by atoms with Gasteiger partial charge in [0.15, 0.2) is 8.07 Å². The van der Waals surface area contributed by atoms with E-state index in [1.807, 2.05) is 53.1 Å². The number of hydrogen-bond acceptors (Lipinski definition) is 0. The fourth-order valence-corrected chi connectivity index (χ4v) is 14.1. The maximum Gasteiger partial charge on any atom is 0.179 e. The Labute approximate surface area is 349 Å². The summed E-state index contributed by atoms with van der Waals surface area (Å²) in [6.45, 7) is 0. The lowest BCUT2D eigenvalue weighted by Crippen LogP contribution is -2.74. The van der Waals surface area contributed by atoms with Gasteiger partial charge >= 0.3 is 0 Å². The monoisotopic (exact) mass is 758 g/mol. The van der Waals surface area contributed by atoms with Gasteiger partial charge in [-0.1, -0.05) is 177 Å². The van der Waals surface area contributed by atoms with Gasteiger partial charge in [0.1, 0.15) is 0 Å². The van der Waals surface area contributed by atoms with E-state index in [4.69, 9.17) is 13.7 Å². The van der Waals surface area contributed by atoms with Crippen LogP contribution >= 0.6 is 0 Å². The Morgan fingerprint density at radius 2 is 0.860 bits per heavy atom. The van der Waals surface area contributed by atoms with E-state index in [1.54, 1.807) is 6.07 Å². The SMILES string of the molecule is [2H]C1([2H])C(c2cccc3c2c2ccccc2n3-c2ccc3c4ccccc4n(-c4ccc([Si](c5ccccc5)(c5ccccc5)c5ccccc5)cc4)c3c2)C([2H])([2H])C([2H])([2H])C([2H])([2H])C1([2H])[2H]. The lowest BCUT2D eigenvalue weighted by atomic mass is 9.82. The van der Waals surface area contributed by atoms with Crippen LogP contribution < -0.4 is 20.7 Å². The molecule has 1 aliphatic rings. The van der Waals surface area contributed by atoms with Crippen molar-refractivity contribution in [2.45, 2.75) is 37.8 Å². The first-order valence-corrected chi connectivity index (χ1v) is 21.4. The highest BCUT2D eigenvalue weighted by molar-refractivity contribution is 7.19. The summed E-state index contributed by atoms with van der Waals surface area (Å²) < 4.78 is 92.7. The number of fused-ring (bicyclic) bond motifs is 6. The van der Waals surface area contributed by atoms with Crippen molar-refractivity contribution in [3.63, 3.8) is 0 Å². The van der Waals surface area contributed by atoms with Crippen LogP contribution in [0.15, 0.2) is 200 Å². The van der Waals surface area contributed by atoms with Crippen LogP contribution in [0.25, 0.3) is 55.0 Å². The van der Waals surface area contributed by atoms with Crippen molar-refractivity contribution in [2.75, 3.05) is 0 Å². The lowest BCUT2D eigenvalue weighted by Gasteiger charge is -2.34. The number of benzene rings is 8. The summed E-state index contributed by atoms with van der Waals surface area (Å²) in [5, 5.41) is 8.29. The zero-order valence-corrected chi connectivity index (χ0v) is 32.0. The molecule has 0 amide bonds. The second kappa shape index (κ2) is 13.9. The van der Waals surface area contributed by atoms with Crippen LogP contribution in [0.3, 0.4) is 0 Å². The molecule has 2 heterocycles. The third kappa shape index (κ3) is 5.37. The van der Waals surface area contributed by atoms with Crippen molar-refractivity contribution in [2.24, 2.45) is 0 Å². The van der Waals surface area contributed by atoms with Crippen LogP contribution in [-0.2, 0) is 0 Å². The summed E-state index contributed by atoms with van der Waals surface area (Å²) in [6.07, 6.45) is -16.6. The van der Waals surface area contributed by atoms with E-state index in [-0.39, 0.29) is 5.56 Å². The van der Waals surface area contributed by atoms with Crippen LogP contribution in [0, 0.1) is 0 Å². The molecule has 0 spiro atoms. The molecule has 2 aromatic heterocycles. The highest BCUT2D eigenvalue weighted by atomic mass is 28.3. The summed E-state index contributed by atoms with van der Waals surface area (Å²) in [5.41, 5.74) is 5.11. The smallest absolute Gasteiger partial charge is 0.179 e. The topological polar surface area (TPSA) is 9.86 Å². The summed E-state index contributed by atoms with van der Waals surface area (Å²) >= 11 is 0. The maximum atomic E-state index is 9.13. The van der Waals surface area contributed by atoms with Gasteiger partial charge in [0.2, 0.25) is 0 Å².